The van der Waals surface area contributed by atoms with Gasteiger partial charge in [0.1, 0.15) is 5.82 Å². The molecule has 2 aromatic carbocycles. The van der Waals surface area contributed by atoms with Crippen molar-refractivity contribution in [3.63, 3.8) is 0 Å². The van der Waals surface area contributed by atoms with Crippen LogP contribution in [0.5, 0.6) is 0 Å². The highest BCUT2D eigenvalue weighted by molar-refractivity contribution is 7.90. The predicted octanol–water partition coefficient (Wildman–Crippen LogP) is 3.18. The third-order valence-corrected chi connectivity index (χ3v) is 5.72. The summed E-state index contributed by atoms with van der Waals surface area (Å²) in [6, 6.07) is 17.5. The summed E-state index contributed by atoms with van der Waals surface area (Å²) >= 11 is 0. The Hall–Kier alpha value is -3.19. The maximum Gasteiger partial charge on any atom is 0.184 e. The van der Waals surface area contributed by atoms with E-state index >= 15 is 0 Å². The van der Waals surface area contributed by atoms with E-state index in [-0.39, 0.29) is 16.5 Å². The molecule has 6 nitrogen and oxygen atoms in total. The van der Waals surface area contributed by atoms with Crippen LogP contribution in [0.2, 0.25) is 0 Å². The SMILES string of the molecule is Nc1cc(CS(=O)(=O)c2ccccc2)nc(-c2ccc3cc[nH]c3c2)n1. The molecule has 0 aliphatic heterocycles. The van der Waals surface area contributed by atoms with Crippen molar-refractivity contribution in [3.8, 4) is 11.4 Å². The first kappa shape index (κ1) is 16.3. The van der Waals surface area contributed by atoms with Crippen LogP contribution in [0.15, 0.2) is 71.8 Å². The third-order valence-electron chi connectivity index (χ3n) is 4.05. The fourth-order valence-electron chi connectivity index (χ4n) is 2.81. The van der Waals surface area contributed by atoms with Gasteiger partial charge in [0.2, 0.25) is 0 Å². The molecule has 0 saturated heterocycles. The predicted molar refractivity (Wildman–Crippen MR) is 101 cm³/mol. The third kappa shape index (κ3) is 3.16. The Morgan fingerprint density at radius 1 is 0.962 bits per heavy atom. The number of nitrogens with zero attached hydrogens (tertiary/aromatic N) is 2. The average Bonchev–Trinajstić information content (AvgIpc) is 3.09. The number of aromatic amines is 1. The molecule has 2 aromatic heterocycles. The first-order valence-electron chi connectivity index (χ1n) is 8.00. The highest BCUT2D eigenvalue weighted by Crippen LogP contribution is 2.23. The van der Waals surface area contributed by atoms with E-state index in [0.29, 0.717) is 11.5 Å². The molecule has 0 unspecified atom stereocenters. The van der Waals surface area contributed by atoms with E-state index in [0.717, 1.165) is 16.5 Å². The van der Waals surface area contributed by atoms with Gasteiger partial charge in [-0.15, -0.1) is 0 Å². The average molecular weight is 364 g/mol. The van der Waals surface area contributed by atoms with Gasteiger partial charge in [-0.1, -0.05) is 30.3 Å². The summed E-state index contributed by atoms with van der Waals surface area (Å²) in [5, 5.41) is 1.07. The molecule has 0 saturated carbocycles. The number of aromatic nitrogens is 3. The number of nitrogens with two attached hydrogens (primary N) is 1. The minimum absolute atomic E-state index is 0.235. The van der Waals surface area contributed by atoms with Crippen LogP contribution in [-0.4, -0.2) is 23.4 Å². The molecule has 7 heteroatoms. The van der Waals surface area contributed by atoms with Gasteiger partial charge in [0.05, 0.1) is 16.3 Å². The van der Waals surface area contributed by atoms with Crippen molar-refractivity contribution in [1.82, 2.24) is 15.0 Å². The molecular weight excluding hydrogens is 348 g/mol. The summed E-state index contributed by atoms with van der Waals surface area (Å²) in [6.07, 6.45) is 1.85. The van der Waals surface area contributed by atoms with E-state index in [1.165, 1.54) is 6.07 Å². The molecule has 0 aliphatic rings. The lowest BCUT2D eigenvalue weighted by atomic mass is 10.1. The Kier molecular flexibility index (Phi) is 3.93. The van der Waals surface area contributed by atoms with Gasteiger partial charge in [-0.25, -0.2) is 18.4 Å². The van der Waals surface area contributed by atoms with Crippen LogP contribution in [0.4, 0.5) is 5.82 Å². The number of fused-ring (bicyclic) bond motifs is 1. The minimum Gasteiger partial charge on any atom is -0.384 e. The standard InChI is InChI=1S/C19H16N4O2S/c20-18-11-15(12-26(24,25)16-4-2-1-3-5-16)22-19(23-18)14-7-6-13-8-9-21-17(13)10-14/h1-11,21H,12H2,(H2,20,22,23). The van der Waals surface area contributed by atoms with Crippen LogP contribution in [-0.2, 0) is 15.6 Å². The van der Waals surface area contributed by atoms with Crippen molar-refractivity contribution in [2.45, 2.75) is 10.6 Å². The number of nitrogens with one attached hydrogen (secondary N) is 1. The van der Waals surface area contributed by atoms with Gasteiger partial charge in [0, 0.05) is 23.3 Å². The van der Waals surface area contributed by atoms with Crippen molar-refractivity contribution in [2.75, 3.05) is 5.73 Å². The second kappa shape index (κ2) is 6.27. The van der Waals surface area contributed by atoms with Gasteiger partial charge < -0.3 is 10.7 Å². The van der Waals surface area contributed by atoms with E-state index < -0.39 is 9.84 Å². The maximum atomic E-state index is 12.6. The molecule has 130 valence electrons. The second-order valence-corrected chi connectivity index (χ2v) is 7.95. The number of sulfone groups is 1. The summed E-state index contributed by atoms with van der Waals surface area (Å²) in [5.41, 5.74) is 7.98. The molecule has 0 fully saturated rings. The van der Waals surface area contributed by atoms with E-state index in [4.69, 9.17) is 5.73 Å². The van der Waals surface area contributed by atoms with Crippen molar-refractivity contribution in [2.24, 2.45) is 0 Å². The van der Waals surface area contributed by atoms with Gasteiger partial charge in [0.15, 0.2) is 15.7 Å². The molecule has 0 radical (unpaired) electrons. The van der Waals surface area contributed by atoms with Crippen LogP contribution in [0.25, 0.3) is 22.3 Å². The number of hydrogen-bond donors (Lipinski definition) is 2. The largest absolute Gasteiger partial charge is 0.384 e. The number of anilines is 1. The summed E-state index contributed by atoms with van der Waals surface area (Å²) in [7, 11) is -3.51. The zero-order valence-corrected chi connectivity index (χ0v) is 14.6. The highest BCUT2D eigenvalue weighted by Gasteiger charge is 2.17. The zero-order chi connectivity index (χ0) is 18.1. The van der Waals surface area contributed by atoms with Gasteiger partial charge in [-0.05, 0) is 29.7 Å². The molecule has 4 rings (SSSR count). The number of nitrogen functional groups attached to an aromatic ring is 1. The van der Waals surface area contributed by atoms with Gasteiger partial charge >= 0.3 is 0 Å². The molecular formula is C19H16N4O2S. The summed E-state index contributed by atoms with van der Waals surface area (Å²) in [5.74, 6) is 0.404. The molecule has 4 aromatic rings. The molecule has 0 atom stereocenters. The van der Waals surface area contributed by atoms with Crippen LogP contribution in [0, 0.1) is 0 Å². The molecule has 0 bridgehead atoms. The van der Waals surface area contributed by atoms with Gasteiger partial charge in [-0.3, -0.25) is 0 Å². The normalized spacial score (nSPS) is 11.7. The fourth-order valence-corrected chi connectivity index (χ4v) is 4.09. The van der Waals surface area contributed by atoms with Gasteiger partial charge in [0.25, 0.3) is 0 Å². The Balaban J connectivity index is 1.72. The quantitative estimate of drug-likeness (QED) is 0.579. The van der Waals surface area contributed by atoms with Crippen molar-refractivity contribution in [3.05, 3.63) is 72.6 Å². The van der Waals surface area contributed by atoms with Crippen LogP contribution < -0.4 is 5.73 Å². The Morgan fingerprint density at radius 2 is 1.77 bits per heavy atom. The molecule has 0 aliphatic carbocycles. The van der Waals surface area contributed by atoms with Crippen LogP contribution in [0.3, 0.4) is 0 Å². The second-order valence-electron chi connectivity index (χ2n) is 5.96. The maximum absolute atomic E-state index is 12.6. The number of benzene rings is 2. The monoisotopic (exact) mass is 364 g/mol. The molecule has 3 N–H and O–H groups in total. The zero-order valence-electron chi connectivity index (χ0n) is 13.8. The number of H-pyrrole nitrogens is 1. The minimum atomic E-state index is -3.51. The lowest BCUT2D eigenvalue weighted by Crippen LogP contribution is -2.08. The topological polar surface area (TPSA) is 102 Å². The molecule has 0 spiro atoms. The first-order chi connectivity index (χ1) is 12.5. The summed E-state index contributed by atoms with van der Waals surface area (Å²) in [4.78, 5) is 12.1. The van der Waals surface area contributed by atoms with E-state index in [9.17, 15) is 8.42 Å². The smallest absolute Gasteiger partial charge is 0.184 e. The van der Waals surface area contributed by atoms with Crippen molar-refractivity contribution < 1.29 is 8.42 Å². The van der Waals surface area contributed by atoms with Crippen LogP contribution in [0.1, 0.15) is 5.69 Å². The fraction of sp³-hybridized carbons (Fsp3) is 0.0526. The van der Waals surface area contributed by atoms with Gasteiger partial charge in [-0.2, -0.15) is 0 Å². The highest BCUT2D eigenvalue weighted by atomic mass is 32.2. The summed E-state index contributed by atoms with van der Waals surface area (Å²) < 4.78 is 25.2. The van der Waals surface area contributed by atoms with E-state index in [1.807, 2.05) is 30.5 Å². The lowest BCUT2D eigenvalue weighted by Gasteiger charge is -2.08. The number of rotatable bonds is 4. The van der Waals surface area contributed by atoms with E-state index in [1.54, 1.807) is 30.3 Å². The van der Waals surface area contributed by atoms with Crippen LogP contribution >= 0.6 is 0 Å². The first-order valence-corrected chi connectivity index (χ1v) is 9.65. The van der Waals surface area contributed by atoms with Crippen molar-refractivity contribution >= 4 is 26.6 Å². The molecule has 0 amide bonds. The molecule has 26 heavy (non-hydrogen) atoms. The number of hydrogen-bond acceptors (Lipinski definition) is 5. The summed E-state index contributed by atoms with van der Waals surface area (Å²) in [6.45, 7) is 0. The van der Waals surface area contributed by atoms with Crippen molar-refractivity contribution in [1.29, 1.82) is 0 Å². The molecule has 2 heterocycles. The van der Waals surface area contributed by atoms with E-state index in [2.05, 4.69) is 15.0 Å². The Morgan fingerprint density at radius 3 is 2.58 bits per heavy atom. The lowest BCUT2D eigenvalue weighted by molar-refractivity contribution is 0.594. The Labute approximate surface area is 150 Å². The Bertz CT molecular complexity index is 1180.